The fourth-order valence-electron chi connectivity index (χ4n) is 3.11. The van der Waals surface area contributed by atoms with Crippen molar-refractivity contribution >= 4 is 22.5 Å². The molecule has 4 nitrogen and oxygen atoms in total. The van der Waals surface area contributed by atoms with Gasteiger partial charge in [-0.15, -0.1) is 5.10 Å². The predicted octanol–water partition coefficient (Wildman–Crippen LogP) is 5.40. The summed E-state index contributed by atoms with van der Waals surface area (Å²) in [6, 6.07) is 28.5. The van der Waals surface area contributed by atoms with Gasteiger partial charge < -0.3 is 4.74 Å². The molecule has 0 fully saturated rings. The number of benzene rings is 3. The zero-order chi connectivity index (χ0) is 19.2. The number of hydrogen-bond acceptors (Lipinski definition) is 3. The highest BCUT2D eigenvalue weighted by Crippen LogP contribution is 2.24. The van der Waals surface area contributed by atoms with Gasteiger partial charge in [0.1, 0.15) is 5.52 Å². The van der Waals surface area contributed by atoms with Gasteiger partial charge in [0.15, 0.2) is 0 Å². The van der Waals surface area contributed by atoms with Gasteiger partial charge >= 0.3 is 0 Å². The number of hydrogen-bond donors (Lipinski definition) is 0. The topological polar surface area (TPSA) is 39.9 Å². The standard InChI is InChI=1S/C24H21N3O/c1-2-28-24(27-23-16-10-9-15-22(23)25-26-27)18-17-21(19-11-5-3-6-12-19)20-13-7-4-8-14-20/h3-18H,2H2,1H3. The molecule has 0 bridgehead atoms. The molecule has 0 saturated heterocycles. The van der Waals surface area contributed by atoms with Crippen LogP contribution in [0.15, 0.2) is 97.1 Å². The van der Waals surface area contributed by atoms with Crippen molar-refractivity contribution in [3.63, 3.8) is 0 Å². The van der Waals surface area contributed by atoms with Gasteiger partial charge in [0.2, 0.25) is 5.88 Å². The van der Waals surface area contributed by atoms with Crippen LogP contribution in [0.2, 0.25) is 0 Å². The van der Waals surface area contributed by atoms with Crippen molar-refractivity contribution in [2.24, 2.45) is 0 Å². The maximum absolute atomic E-state index is 5.89. The molecular weight excluding hydrogens is 346 g/mol. The second-order valence-electron chi connectivity index (χ2n) is 6.24. The van der Waals surface area contributed by atoms with E-state index in [1.54, 1.807) is 4.68 Å². The van der Waals surface area contributed by atoms with E-state index in [1.807, 2.05) is 73.7 Å². The maximum Gasteiger partial charge on any atom is 0.216 e. The van der Waals surface area contributed by atoms with E-state index in [0.29, 0.717) is 12.5 Å². The molecule has 0 amide bonds. The second kappa shape index (κ2) is 8.35. The van der Waals surface area contributed by atoms with Crippen molar-refractivity contribution in [1.82, 2.24) is 15.0 Å². The summed E-state index contributed by atoms with van der Waals surface area (Å²) in [5, 5.41) is 8.52. The molecule has 0 aliphatic rings. The van der Waals surface area contributed by atoms with Gasteiger partial charge in [-0.25, -0.2) is 0 Å². The average molecular weight is 367 g/mol. The summed E-state index contributed by atoms with van der Waals surface area (Å²) in [7, 11) is 0. The monoisotopic (exact) mass is 367 g/mol. The third-order valence-corrected chi connectivity index (χ3v) is 4.41. The molecule has 0 N–H and O–H groups in total. The minimum Gasteiger partial charge on any atom is -0.478 e. The lowest BCUT2D eigenvalue weighted by atomic mass is 9.97. The highest BCUT2D eigenvalue weighted by atomic mass is 16.5. The van der Waals surface area contributed by atoms with Crippen molar-refractivity contribution in [2.75, 3.05) is 6.61 Å². The smallest absolute Gasteiger partial charge is 0.216 e. The van der Waals surface area contributed by atoms with Gasteiger partial charge in [-0.05, 0) is 41.8 Å². The van der Waals surface area contributed by atoms with Crippen LogP contribution in [0, 0.1) is 0 Å². The van der Waals surface area contributed by atoms with E-state index in [2.05, 4.69) is 40.7 Å². The van der Waals surface area contributed by atoms with E-state index in [1.165, 1.54) is 0 Å². The molecule has 0 radical (unpaired) electrons. The van der Waals surface area contributed by atoms with E-state index < -0.39 is 0 Å². The summed E-state index contributed by atoms with van der Waals surface area (Å²) in [4.78, 5) is 0. The molecule has 0 aliphatic carbocycles. The highest BCUT2D eigenvalue weighted by Gasteiger charge is 2.09. The van der Waals surface area contributed by atoms with Gasteiger partial charge in [-0.3, -0.25) is 0 Å². The Balaban J connectivity index is 1.82. The summed E-state index contributed by atoms with van der Waals surface area (Å²) in [5.41, 5.74) is 5.15. The molecule has 4 aromatic rings. The van der Waals surface area contributed by atoms with Crippen LogP contribution in [0.25, 0.3) is 22.5 Å². The largest absolute Gasteiger partial charge is 0.478 e. The molecule has 138 valence electrons. The lowest BCUT2D eigenvalue weighted by molar-refractivity contribution is 0.273. The van der Waals surface area contributed by atoms with E-state index >= 15 is 0 Å². The summed E-state index contributed by atoms with van der Waals surface area (Å²) >= 11 is 0. The number of ether oxygens (including phenoxy) is 1. The lowest BCUT2D eigenvalue weighted by Crippen LogP contribution is -2.03. The molecule has 0 unspecified atom stereocenters. The van der Waals surface area contributed by atoms with Gasteiger partial charge in [0.25, 0.3) is 0 Å². The predicted molar refractivity (Wildman–Crippen MR) is 113 cm³/mol. The minimum atomic E-state index is 0.542. The summed E-state index contributed by atoms with van der Waals surface area (Å²) < 4.78 is 7.63. The Kier molecular flexibility index (Phi) is 5.29. The Morgan fingerprint density at radius 1 is 0.821 bits per heavy atom. The number of nitrogens with zero attached hydrogens (tertiary/aromatic N) is 3. The maximum atomic E-state index is 5.89. The molecule has 0 atom stereocenters. The number of allylic oxidation sites excluding steroid dienone is 2. The molecule has 4 heteroatoms. The summed E-state index contributed by atoms with van der Waals surface area (Å²) in [6.45, 7) is 2.51. The second-order valence-corrected chi connectivity index (χ2v) is 6.24. The molecule has 28 heavy (non-hydrogen) atoms. The normalized spacial score (nSPS) is 11.4. The quantitative estimate of drug-likeness (QED) is 0.338. The molecule has 0 spiro atoms. The Hall–Kier alpha value is -3.66. The van der Waals surface area contributed by atoms with Crippen molar-refractivity contribution < 1.29 is 4.74 Å². The van der Waals surface area contributed by atoms with E-state index in [0.717, 1.165) is 27.7 Å². The Morgan fingerprint density at radius 2 is 1.43 bits per heavy atom. The highest BCUT2D eigenvalue weighted by molar-refractivity contribution is 5.82. The van der Waals surface area contributed by atoms with Crippen molar-refractivity contribution in [3.05, 3.63) is 108 Å². The molecule has 4 rings (SSSR count). The summed E-state index contributed by atoms with van der Waals surface area (Å²) in [5.74, 6) is 0.639. The van der Waals surface area contributed by atoms with Crippen molar-refractivity contribution in [3.8, 4) is 0 Å². The fraction of sp³-hybridized carbons (Fsp3) is 0.0833. The number of rotatable bonds is 6. The zero-order valence-electron chi connectivity index (χ0n) is 15.7. The van der Waals surface area contributed by atoms with Gasteiger partial charge in [0.05, 0.1) is 12.1 Å². The first-order valence-corrected chi connectivity index (χ1v) is 9.33. The first-order valence-electron chi connectivity index (χ1n) is 9.33. The van der Waals surface area contributed by atoms with Crippen LogP contribution >= 0.6 is 0 Å². The van der Waals surface area contributed by atoms with Gasteiger partial charge in [0, 0.05) is 6.08 Å². The Labute approximate surface area is 164 Å². The van der Waals surface area contributed by atoms with Crippen LogP contribution in [0.4, 0.5) is 0 Å². The summed E-state index contributed by atoms with van der Waals surface area (Å²) in [6.07, 6.45) is 4.03. The molecule has 3 aromatic carbocycles. The number of aromatic nitrogens is 3. The molecule has 0 saturated carbocycles. The zero-order valence-corrected chi connectivity index (χ0v) is 15.7. The van der Waals surface area contributed by atoms with E-state index in [4.69, 9.17) is 4.74 Å². The molecule has 1 aromatic heterocycles. The SMILES string of the molecule is CCOC(=CC=C(c1ccccc1)c1ccccc1)n1nnc2ccccc21. The van der Waals surface area contributed by atoms with E-state index in [9.17, 15) is 0 Å². The van der Waals surface area contributed by atoms with Crippen LogP contribution in [0.5, 0.6) is 0 Å². The first kappa shape index (κ1) is 17.7. The van der Waals surface area contributed by atoms with Crippen molar-refractivity contribution in [2.45, 2.75) is 6.92 Å². The first-order chi connectivity index (χ1) is 13.9. The molecular formula is C24H21N3O. The van der Waals surface area contributed by atoms with Crippen LogP contribution in [-0.2, 0) is 4.74 Å². The number of fused-ring (bicyclic) bond motifs is 1. The van der Waals surface area contributed by atoms with Crippen LogP contribution in [0.3, 0.4) is 0 Å². The van der Waals surface area contributed by atoms with E-state index in [-0.39, 0.29) is 0 Å². The third kappa shape index (κ3) is 3.71. The fourth-order valence-corrected chi connectivity index (χ4v) is 3.11. The Morgan fingerprint density at radius 3 is 2.07 bits per heavy atom. The average Bonchev–Trinajstić information content (AvgIpc) is 3.19. The minimum absolute atomic E-state index is 0.542. The van der Waals surface area contributed by atoms with Crippen molar-refractivity contribution in [1.29, 1.82) is 0 Å². The molecule has 0 aliphatic heterocycles. The van der Waals surface area contributed by atoms with Gasteiger partial charge in [-0.2, -0.15) is 4.68 Å². The van der Waals surface area contributed by atoms with Gasteiger partial charge in [-0.1, -0.05) is 78.0 Å². The lowest BCUT2D eigenvalue weighted by Gasteiger charge is -2.10. The number of para-hydroxylation sites is 1. The van der Waals surface area contributed by atoms with Crippen LogP contribution in [0.1, 0.15) is 18.1 Å². The van der Waals surface area contributed by atoms with Crippen LogP contribution < -0.4 is 0 Å². The third-order valence-electron chi connectivity index (χ3n) is 4.41. The Bertz CT molecular complexity index is 1070. The van der Waals surface area contributed by atoms with Crippen LogP contribution in [-0.4, -0.2) is 21.6 Å². The molecule has 1 heterocycles.